The largest absolute Gasteiger partial charge is 0.274 e. The van der Waals surface area contributed by atoms with Gasteiger partial charge in [0.1, 0.15) is 0 Å². The van der Waals surface area contributed by atoms with Gasteiger partial charge in [0.25, 0.3) is 0 Å². The lowest BCUT2D eigenvalue weighted by atomic mass is 10.2. The Morgan fingerprint density at radius 3 is 3.00 bits per heavy atom. The topological polar surface area (TPSA) is 43.8 Å². The SMILES string of the molecule is NSc1cc(Cl)ccc1Cn1cccn1. The first kappa shape index (κ1) is 10.5. The van der Waals surface area contributed by atoms with Crippen molar-refractivity contribution in [3.05, 3.63) is 47.2 Å². The number of nitrogens with zero attached hydrogens (tertiary/aromatic N) is 2. The lowest BCUT2D eigenvalue weighted by Gasteiger charge is -2.07. The molecule has 3 nitrogen and oxygen atoms in total. The summed E-state index contributed by atoms with van der Waals surface area (Å²) in [5.74, 6) is 0. The zero-order valence-electron chi connectivity index (χ0n) is 7.93. The smallest absolute Gasteiger partial charge is 0.0670 e. The van der Waals surface area contributed by atoms with Crippen molar-refractivity contribution in [1.29, 1.82) is 0 Å². The minimum atomic E-state index is 0.701. The summed E-state index contributed by atoms with van der Waals surface area (Å²) in [4.78, 5) is 0.984. The minimum absolute atomic E-state index is 0.701. The van der Waals surface area contributed by atoms with Crippen LogP contribution in [-0.4, -0.2) is 9.78 Å². The number of nitrogens with two attached hydrogens (primary N) is 1. The predicted octanol–water partition coefficient (Wildman–Crippen LogP) is 2.55. The molecule has 0 saturated heterocycles. The molecule has 78 valence electrons. The quantitative estimate of drug-likeness (QED) is 0.838. The van der Waals surface area contributed by atoms with Crippen LogP contribution in [0.1, 0.15) is 5.56 Å². The molecule has 2 rings (SSSR count). The van der Waals surface area contributed by atoms with Gasteiger partial charge >= 0.3 is 0 Å². The van der Waals surface area contributed by atoms with Gasteiger partial charge < -0.3 is 0 Å². The van der Waals surface area contributed by atoms with E-state index < -0.39 is 0 Å². The zero-order valence-corrected chi connectivity index (χ0v) is 9.50. The molecular formula is C10H10ClN3S. The standard InChI is InChI=1S/C10H10ClN3S/c11-9-3-2-8(10(6-9)15-12)7-14-5-1-4-13-14/h1-6H,7,12H2. The predicted molar refractivity (Wildman–Crippen MR) is 62.8 cm³/mol. The van der Waals surface area contributed by atoms with E-state index >= 15 is 0 Å². The third-order valence-electron chi connectivity index (χ3n) is 2.05. The Morgan fingerprint density at radius 1 is 1.47 bits per heavy atom. The summed E-state index contributed by atoms with van der Waals surface area (Å²) in [5.41, 5.74) is 1.12. The Balaban J connectivity index is 2.28. The van der Waals surface area contributed by atoms with E-state index in [1.807, 2.05) is 35.1 Å². The summed E-state index contributed by atoms with van der Waals surface area (Å²) >= 11 is 7.09. The fourth-order valence-electron chi connectivity index (χ4n) is 1.34. The molecule has 0 spiro atoms. The van der Waals surface area contributed by atoms with E-state index in [0.717, 1.165) is 10.5 Å². The van der Waals surface area contributed by atoms with Gasteiger partial charge in [-0.2, -0.15) is 5.10 Å². The molecule has 0 amide bonds. The molecule has 2 aromatic rings. The maximum Gasteiger partial charge on any atom is 0.0670 e. The third-order valence-corrected chi connectivity index (χ3v) is 2.92. The van der Waals surface area contributed by atoms with Crippen molar-refractivity contribution in [3.63, 3.8) is 0 Å². The Labute approximate surface area is 97.4 Å². The first-order chi connectivity index (χ1) is 7.29. The van der Waals surface area contributed by atoms with Gasteiger partial charge in [-0.3, -0.25) is 9.82 Å². The number of rotatable bonds is 3. The van der Waals surface area contributed by atoms with Gasteiger partial charge in [0.15, 0.2) is 0 Å². The van der Waals surface area contributed by atoms with E-state index in [1.54, 1.807) is 6.20 Å². The highest BCUT2D eigenvalue weighted by atomic mass is 35.5. The third kappa shape index (κ3) is 2.53. The first-order valence-electron chi connectivity index (χ1n) is 4.42. The molecule has 1 aromatic heterocycles. The van der Waals surface area contributed by atoms with Crippen LogP contribution in [0.2, 0.25) is 5.02 Å². The Hall–Kier alpha value is -0.970. The summed E-state index contributed by atoms with van der Waals surface area (Å²) in [6, 6.07) is 7.59. The van der Waals surface area contributed by atoms with Crippen molar-refractivity contribution in [2.75, 3.05) is 0 Å². The van der Waals surface area contributed by atoms with Crippen LogP contribution >= 0.6 is 23.5 Å². The molecule has 15 heavy (non-hydrogen) atoms. The van der Waals surface area contributed by atoms with E-state index in [0.29, 0.717) is 11.6 Å². The summed E-state index contributed by atoms with van der Waals surface area (Å²) in [6.45, 7) is 0.712. The van der Waals surface area contributed by atoms with Crippen LogP contribution in [-0.2, 0) is 6.54 Å². The van der Waals surface area contributed by atoms with Crippen molar-refractivity contribution < 1.29 is 0 Å². The Morgan fingerprint density at radius 2 is 2.33 bits per heavy atom. The molecule has 0 saturated carbocycles. The van der Waals surface area contributed by atoms with Crippen LogP contribution in [0.4, 0.5) is 0 Å². The summed E-state index contributed by atoms with van der Waals surface area (Å²) in [7, 11) is 0. The van der Waals surface area contributed by atoms with Crippen molar-refractivity contribution >= 4 is 23.5 Å². The van der Waals surface area contributed by atoms with Crippen molar-refractivity contribution in [1.82, 2.24) is 9.78 Å². The van der Waals surface area contributed by atoms with E-state index in [9.17, 15) is 0 Å². The van der Waals surface area contributed by atoms with Crippen LogP contribution in [0.3, 0.4) is 0 Å². The van der Waals surface area contributed by atoms with Crippen LogP contribution in [0.15, 0.2) is 41.6 Å². The highest BCUT2D eigenvalue weighted by molar-refractivity contribution is 7.97. The molecule has 5 heteroatoms. The van der Waals surface area contributed by atoms with Gasteiger partial charge in [0.2, 0.25) is 0 Å². The summed E-state index contributed by atoms with van der Waals surface area (Å²) < 4.78 is 1.85. The maximum atomic E-state index is 5.89. The second-order valence-corrected chi connectivity index (χ2v) is 4.19. The average Bonchev–Trinajstić information content (AvgIpc) is 2.73. The zero-order chi connectivity index (χ0) is 10.7. The van der Waals surface area contributed by atoms with E-state index in [1.165, 1.54) is 11.9 Å². The molecule has 1 heterocycles. The van der Waals surface area contributed by atoms with Gasteiger partial charge in [-0.05, 0) is 35.7 Å². The van der Waals surface area contributed by atoms with Crippen molar-refractivity contribution in [3.8, 4) is 0 Å². The highest BCUT2D eigenvalue weighted by Gasteiger charge is 2.03. The molecule has 0 aliphatic rings. The molecule has 0 atom stereocenters. The molecule has 0 radical (unpaired) electrons. The molecule has 1 aromatic carbocycles. The number of benzene rings is 1. The van der Waals surface area contributed by atoms with Gasteiger partial charge in [-0.15, -0.1) is 0 Å². The van der Waals surface area contributed by atoms with Crippen LogP contribution < -0.4 is 5.14 Å². The Bertz CT molecular complexity index is 442. The Kier molecular flexibility index (Phi) is 3.30. The van der Waals surface area contributed by atoms with E-state index in [-0.39, 0.29) is 0 Å². The van der Waals surface area contributed by atoms with E-state index in [4.69, 9.17) is 16.7 Å². The number of halogens is 1. The van der Waals surface area contributed by atoms with Gasteiger partial charge in [-0.25, -0.2) is 0 Å². The summed E-state index contributed by atoms with van der Waals surface area (Å²) in [6.07, 6.45) is 3.67. The fraction of sp³-hybridized carbons (Fsp3) is 0.100. The van der Waals surface area contributed by atoms with Gasteiger partial charge in [0.05, 0.1) is 6.54 Å². The summed E-state index contributed by atoms with van der Waals surface area (Å²) in [5, 5.41) is 10.4. The van der Waals surface area contributed by atoms with E-state index in [2.05, 4.69) is 5.10 Å². The number of aromatic nitrogens is 2. The van der Waals surface area contributed by atoms with Crippen molar-refractivity contribution in [2.45, 2.75) is 11.4 Å². The highest BCUT2D eigenvalue weighted by Crippen LogP contribution is 2.23. The van der Waals surface area contributed by atoms with Crippen LogP contribution in [0, 0.1) is 0 Å². The minimum Gasteiger partial charge on any atom is -0.274 e. The molecule has 0 fully saturated rings. The maximum absolute atomic E-state index is 5.89. The first-order valence-corrected chi connectivity index (χ1v) is 5.68. The number of hydrogen-bond acceptors (Lipinski definition) is 3. The molecule has 0 aliphatic heterocycles. The lowest BCUT2D eigenvalue weighted by molar-refractivity contribution is 0.679. The molecule has 0 bridgehead atoms. The second kappa shape index (κ2) is 4.70. The van der Waals surface area contributed by atoms with Crippen molar-refractivity contribution in [2.24, 2.45) is 5.14 Å². The van der Waals surface area contributed by atoms with Crippen LogP contribution in [0.25, 0.3) is 0 Å². The average molecular weight is 240 g/mol. The second-order valence-electron chi connectivity index (χ2n) is 3.07. The van der Waals surface area contributed by atoms with Gasteiger partial charge in [0, 0.05) is 22.3 Å². The van der Waals surface area contributed by atoms with Gasteiger partial charge in [-0.1, -0.05) is 17.7 Å². The number of hydrogen-bond donors (Lipinski definition) is 1. The molecule has 0 aliphatic carbocycles. The fourth-order valence-corrected chi connectivity index (χ4v) is 2.05. The monoisotopic (exact) mass is 239 g/mol. The molecular weight excluding hydrogens is 230 g/mol. The molecule has 0 unspecified atom stereocenters. The van der Waals surface area contributed by atoms with Crippen LogP contribution in [0.5, 0.6) is 0 Å². The molecule has 2 N–H and O–H groups in total. The lowest BCUT2D eigenvalue weighted by Crippen LogP contribution is -2.01. The normalized spacial score (nSPS) is 10.5.